The standard InChI is InChI=1S/C33H29NO5/c1-33(2,3)39-32(37)34-30(23-13-5-4-6-14-23)31(36)38-27-20-18-22-12-8-10-16-25(22)29(27)28-24-15-9-7-11-21(24)17-19-26(28)35/h4-20,30,35H,1-3H3,(H,34,37)/t30-/m1/s1. The molecule has 39 heavy (non-hydrogen) atoms. The van der Waals surface area contributed by atoms with Crippen molar-refractivity contribution in [3.05, 3.63) is 109 Å². The van der Waals surface area contributed by atoms with Crippen LogP contribution in [-0.4, -0.2) is 22.8 Å². The molecule has 0 saturated carbocycles. The van der Waals surface area contributed by atoms with Crippen molar-refractivity contribution in [2.24, 2.45) is 0 Å². The van der Waals surface area contributed by atoms with Gasteiger partial charge in [0.25, 0.3) is 0 Å². The molecule has 6 heteroatoms. The third-order valence-corrected chi connectivity index (χ3v) is 6.29. The van der Waals surface area contributed by atoms with Gasteiger partial charge in [0.05, 0.1) is 0 Å². The van der Waals surface area contributed by atoms with Crippen LogP contribution in [0.15, 0.2) is 103 Å². The highest BCUT2D eigenvalue weighted by Crippen LogP contribution is 2.45. The summed E-state index contributed by atoms with van der Waals surface area (Å²) in [6.07, 6.45) is -0.737. The normalized spacial score (nSPS) is 12.2. The fourth-order valence-corrected chi connectivity index (χ4v) is 4.63. The number of carbonyl (C=O) groups excluding carboxylic acids is 2. The Morgan fingerprint density at radius 1 is 0.718 bits per heavy atom. The lowest BCUT2D eigenvalue weighted by Gasteiger charge is -2.24. The molecule has 0 heterocycles. The largest absolute Gasteiger partial charge is 0.507 e. The average Bonchev–Trinajstić information content (AvgIpc) is 2.91. The molecular formula is C33H29NO5. The van der Waals surface area contributed by atoms with E-state index in [9.17, 15) is 14.7 Å². The minimum absolute atomic E-state index is 0.0637. The molecule has 6 nitrogen and oxygen atoms in total. The zero-order valence-electron chi connectivity index (χ0n) is 22.0. The molecule has 1 amide bonds. The maximum absolute atomic E-state index is 13.7. The van der Waals surface area contributed by atoms with Gasteiger partial charge in [-0.1, -0.05) is 91.0 Å². The monoisotopic (exact) mass is 519 g/mol. The molecule has 0 aliphatic heterocycles. The van der Waals surface area contributed by atoms with Crippen molar-refractivity contribution in [2.75, 3.05) is 0 Å². The van der Waals surface area contributed by atoms with E-state index in [2.05, 4.69) is 5.32 Å². The molecule has 1 atom stereocenters. The summed E-state index contributed by atoms with van der Waals surface area (Å²) >= 11 is 0. The molecule has 0 spiro atoms. The number of hydrogen-bond acceptors (Lipinski definition) is 5. The molecule has 2 N–H and O–H groups in total. The Balaban J connectivity index is 1.62. The Bertz CT molecular complexity index is 1670. The molecular weight excluding hydrogens is 490 g/mol. The van der Waals surface area contributed by atoms with Crippen LogP contribution in [0.2, 0.25) is 0 Å². The third kappa shape index (κ3) is 5.55. The maximum atomic E-state index is 13.7. The number of fused-ring (bicyclic) bond motifs is 2. The van der Waals surface area contributed by atoms with Crippen LogP contribution in [-0.2, 0) is 9.53 Å². The van der Waals surface area contributed by atoms with E-state index in [-0.39, 0.29) is 11.5 Å². The number of phenolic OH excluding ortho intramolecular Hbond substituents is 1. The molecule has 0 aromatic heterocycles. The fraction of sp³-hybridized carbons (Fsp3) is 0.152. The lowest BCUT2D eigenvalue weighted by Crippen LogP contribution is -2.39. The fourth-order valence-electron chi connectivity index (χ4n) is 4.63. The van der Waals surface area contributed by atoms with Gasteiger partial charge in [0, 0.05) is 11.1 Å². The highest BCUT2D eigenvalue weighted by atomic mass is 16.6. The summed E-state index contributed by atoms with van der Waals surface area (Å²) in [6.45, 7) is 5.25. The Kier molecular flexibility index (Phi) is 6.94. The van der Waals surface area contributed by atoms with E-state index < -0.39 is 23.7 Å². The van der Waals surface area contributed by atoms with Crippen molar-refractivity contribution in [3.63, 3.8) is 0 Å². The van der Waals surface area contributed by atoms with E-state index in [4.69, 9.17) is 9.47 Å². The van der Waals surface area contributed by atoms with E-state index >= 15 is 0 Å². The zero-order valence-corrected chi connectivity index (χ0v) is 22.0. The van der Waals surface area contributed by atoms with Gasteiger partial charge in [-0.25, -0.2) is 9.59 Å². The molecule has 196 valence electrons. The number of hydrogen-bond donors (Lipinski definition) is 2. The van der Waals surface area contributed by atoms with Crippen molar-refractivity contribution >= 4 is 33.6 Å². The summed E-state index contributed by atoms with van der Waals surface area (Å²) in [5, 5.41) is 17.2. The number of nitrogens with one attached hydrogen (secondary N) is 1. The number of amides is 1. The number of rotatable bonds is 5. The minimum atomic E-state index is -1.12. The number of alkyl carbamates (subject to hydrolysis) is 1. The van der Waals surface area contributed by atoms with E-state index in [1.54, 1.807) is 57.2 Å². The summed E-state index contributed by atoms with van der Waals surface area (Å²) in [5.74, 6) is -0.366. The van der Waals surface area contributed by atoms with Crippen LogP contribution in [0.1, 0.15) is 32.4 Å². The number of esters is 1. The van der Waals surface area contributed by atoms with Gasteiger partial charge >= 0.3 is 12.1 Å². The smallest absolute Gasteiger partial charge is 0.408 e. The van der Waals surface area contributed by atoms with Gasteiger partial charge in [0.2, 0.25) is 0 Å². The summed E-state index contributed by atoms with van der Waals surface area (Å²) in [5.41, 5.74) is 0.944. The van der Waals surface area contributed by atoms with E-state index in [1.807, 2.05) is 66.7 Å². The first-order valence-electron chi connectivity index (χ1n) is 12.7. The second kappa shape index (κ2) is 10.5. The highest BCUT2D eigenvalue weighted by molar-refractivity contribution is 6.10. The predicted molar refractivity (Wildman–Crippen MR) is 153 cm³/mol. The predicted octanol–water partition coefficient (Wildman–Crippen LogP) is 7.54. The van der Waals surface area contributed by atoms with Gasteiger partial charge < -0.3 is 19.9 Å². The summed E-state index contributed by atoms with van der Waals surface area (Å²) in [7, 11) is 0. The van der Waals surface area contributed by atoms with E-state index in [0.717, 1.165) is 21.5 Å². The van der Waals surface area contributed by atoms with Gasteiger partial charge in [-0.3, -0.25) is 0 Å². The van der Waals surface area contributed by atoms with Crippen LogP contribution in [0.4, 0.5) is 4.79 Å². The number of carbonyl (C=O) groups is 2. The molecule has 0 aliphatic rings. The molecule has 0 saturated heterocycles. The average molecular weight is 520 g/mol. The molecule has 0 fully saturated rings. The number of benzene rings is 5. The molecule has 5 aromatic rings. The Morgan fingerprint density at radius 3 is 1.92 bits per heavy atom. The first-order chi connectivity index (χ1) is 18.7. The van der Waals surface area contributed by atoms with Crippen LogP contribution in [0, 0.1) is 0 Å². The van der Waals surface area contributed by atoms with Gasteiger partial charge in [0.1, 0.15) is 17.1 Å². The molecule has 5 aromatic carbocycles. The molecule has 0 bridgehead atoms. The van der Waals surface area contributed by atoms with Crippen molar-refractivity contribution in [1.29, 1.82) is 0 Å². The summed E-state index contributed by atoms with van der Waals surface area (Å²) in [6, 6.07) is 30.2. The second-order valence-electron chi connectivity index (χ2n) is 10.3. The molecule has 0 radical (unpaired) electrons. The Morgan fingerprint density at radius 2 is 1.28 bits per heavy atom. The number of aromatic hydroxyl groups is 1. The van der Waals surface area contributed by atoms with Crippen molar-refractivity contribution in [2.45, 2.75) is 32.4 Å². The van der Waals surface area contributed by atoms with Crippen molar-refractivity contribution < 1.29 is 24.2 Å². The first kappa shape index (κ1) is 25.8. The molecule has 0 aliphatic carbocycles. The van der Waals surface area contributed by atoms with Crippen LogP contribution >= 0.6 is 0 Å². The van der Waals surface area contributed by atoms with Gasteiger partial charge in [-0.05, 0) is 60.0 Å². The lowest BCUT2D eigenvalue weighted by atomic mass is 9.92. The van der Waals surface area contributed by atoms with Crippen LogP contribution in [0.3, 0.4) is 0 Å². The zero-order chi connectivity index (χ0) is 27.6. The topological polar surface area (TPSA) is 84.9 Å². The SMILES string of the molecule is CC(C)(C)OC(=O)N[C@@H](C(=O)Oc1ccc2ccccc2c1-c1c(O)ccc2ccccc12)c1ccccc1. The van der Waals surface area contributed by atoms with Crippen molar-refractivity contribution in [3.8, 4) is 22.6 Å². The number of phenols is 1. The first-order valence-corrected chi connectivity index (χ1v) is 12.7. The van der Waals surface area contributed by atoms with Gasteiger partial charge in [0.15, 0.2) is 6.04 Å². The lowest BCUT2D eigenvalue weighted by molar-refractivity contribution is -0.136. The highest BCUT2D eigenvalue weighted by Gasteiger charge is 2.29. The second-order valence-corrected chi connectivity index (χ2v) is 10.3. The van der Waals surface area contributed by atoms with Crippen LogP contribution < -0.4 is 10.1 Å². The minimum Gasteiger partial charge on any atom is -0.507 e. The van der Waals surface area contributed by atoms with Gasteiger partial charge in [-0.15, -0.1) is 0 Å². The summed E-state index contributed by atoms with van der Waals surface area (Å²) in [4.78, 5) is 26.4. The van der Waals surface area contributed by atoms with Crippen LogP contribution in [0.5, 0.6) is 11.5 Å². The van der Waals surface area contributed by atoms with Crippen molar-refractivity contribution in [1.82, 2.24) is 5.32 Å². The quantitative estimate of drug-likeness (QED) is 0.185. The Labute approximate surface area is 226 Å². The Hall–Kier alpha value is -4.84. The number of ether oxygens (including phenoxy) is 2. The van der Waals surface area contributed by atoms with E-state index in [1.165, 1.54) is 0 Å². The molecule has 5 rings (SSSR count). The van der Waals surface area contributed by atoms with Crippen LogP contribution in [0.25, 0.3) is 32.7 Å². The van der Waals surface area contributed by atoms with E-state index in [0.29, 0.717) is 16.7 Å². The van der Waals surface area contributed by atoms with Gasteiger partial charge in [-0.2, -0.15) is 0 Å². The third-order valence-electron chi connectivity index (χ3n) is 6.29. The summed E-state index contributed by atoms with van der Waals surface area (Å²) < 4.78 is 11.5. The molecule has 0 unspecified atom stereocenters. The maximum Gasteiger partial charge on any atom is 0.408 e.